The summed E-state index contributed by atoms with van der Waals surface area (Å²) >= 11 is 2.12. The standard InChI is InChI=1S/C17H34N2S/c1-14-7-6-8-17(11-14,19(4)5)13-18-15-12-20-10-9-16(15,2)3/h14-15,18H,6-13H2,1-5H3. The molecule has 1 saturated heterocycles. The van der Waals surface area contributed by atoms with Crippen LogP contribution in [-0.2, 0) is 0 Å². The lowest BCUT2D eigenvalue weighted by molar-refractivity contribution is 0.0666. The number of hydrogen-bond acceptors (Lipinski definition) is 3. The lowest BCUT2D eigenvalue weighted by atomic mass is 9.74. The van der Waals surface area contributed by atoms with Crippen LogP contribution in [0.2, 0.25) is 0 Å². The predicted molar refractivity (Wildman–Crippen MR) is 91.6 cm³/mol. The SMILES string of the molecule is CC1CCCC(CNC2CSCCC2(C)C)(N(C)C)C1. The molecule has 1 N–H and O–H groups in total. The number of likely N-dealkylation sites (N-methyl/N-ethyl adjacent to an activating group) is 1. The maximum absolute atomic E-state index is 3.96. The maximum atomic E-state index is 3.96. The van der Waals surface area contributed by atoms with Crippen molar-refractivity contribution >= 4 is 11.8 Å². The van der Waals surface area contributed by atoms with E-state index in [1.807, 2.05) is 0 Å². The minimum Gasteiger partial charge on any atom is -0.311 e. The molecule has 20 heavy (non-hydrogen) atoms. The summed E-state index contributed by atoms with van der Waals surface area (Å²) in [5.74, 6) is 3.49. The molecule has 1 saturated carbocycles. The van der Waals surface area contributed by atoms with E-state index in [1.165, 1.54) is 50.2 Å². The second-order valence-electron chi connectivity index (χ2n) is 8.07. The van der Waals surface area contributed by atoms with Crippen molar-refractivity contribution in [1.82, 2.24) is 10.2 Å². The van der Waals surface area contributed by atoms with Gasteiger partial charge >= 0.3 is 0 Å². The molecule has 3 atom stereocenters. The van der Waals surface area contributed by atoms with Crippen molar-refractivity contribution in [3.63, 3.8) is 0 Å². The number of thioether (sulfide) groups is 1. The number of nitrogens with zero attached hydrogens (tertiary/aromatic N) is 1. The van der Waals surface area contributed by atoms with Gasteiger partial charge in [-0.1, -0.05) is 33.6 Å². The molecule has 2 aliphatic rings. The van der Waals surface area contributed by atoms with E-state index < -0.39 is 0 Å². The van der Waals surface area contributed by atoms with Crippen LogP contribution >= 0.6 is 11.8 Å². The van der Waals surface area contributed by atoms with Crippen molar-refractivity contribution < 1.29 is 0 Å². The van der Waals surface area contributed by atoms with Gasteiger partial charge in [-0.25, -0.2) is 0 Å². The Labute approximate surface area is 130 Å². The first-order valence-corrected chi connectivity index (χ1v) is 9.50. The zero-order chi connectivity index (χ0) is 14.8. The molecular formula is C17H34N2S. The smallest absolute Gasteiger partial charge is 0.0330 e. The van der Waals surface area contributed by atoms with Gasteiger partial charge in [-0.15, -0.1) is 0 Å². The lowest BCUT2D eigenvalue weighted by Crippen LogP contribution is -2.58. The summed E-state index contributed by atoms with van der Waals surface area (Å²) in [5.41, 5.74) is 0.842. The van der Waals surface area contributed by atoms with Crippen molar-refractivity contribution in [2.75, 3.05) is 32.1 Å². The summed E-state index contributed by atoms with van der Waals surface area (Å²) in [6.45, 7) is 8.48. The summed E-state index contributed by atoms with van der Waals surface area (Å²) in [6, 6.07) is 0.676. The third-order valence-corrected chi connectivity index (χ3v) is 6.87. The molecule has 2 rings (SSSR count). The Morgan fingerprint density at radius 1 is 1.25 bits per heavy atom. The molecule has 1 aliphatic carbocycles. The molecule has 0 spiro atoms. The van der Waals surface area contributed by atoms with E-state index in [0.29, 0.717) is 17.0 Å². The van der Waals surface area contributed by atoms with E-state index in [0.717, 1.165) is 5.92 Å². The lowest BCUT2D eigenvalue weighted by Gasteiger charge is -2.48. The second kappa shape index (κ2) is 6.58. The van der Waals surface area contributed by atoms with Gasteiger partial charge in [-0.2, -0.15) is 11.8 Å². The predicted octanol–water partition coefficient (Wildman–Crippen LogP) is 3.62. The van der Waals surface area contributed by atoms with Gasteiger partial charge in [0, 0.05) is 23.9 Å². The molecule has 0 aromatic rings. The van der Waals surface area contributed by atoms with Gasteiger partial charge in [0.15, 0.2) is 0 Å². The Morgan fingerprint density at radius 3 is 2.60 bits per heavy atom. The van der Waals surface area contributed by atoms with Gasteiger partial charge in [0.2, 0.25) is 0 Å². The molecule has 0 bridgehead atoms. The Bertz CT molecular complexity index is 316. The number of rotatable bonds is 4. The quantitative estimate of drug-likeness (QED) is 0.853. The fourth-order valence-corrected chi connectivity index (χ4v) is 5.58. The van der Waals surface area contributed by atoms with E-state index in [1.54, 1.807) is 0 Å². The highest BCUT2D eigenvalue weighted by atomic mass is 32.2. The first kappa shape index (κ1) is 16.6. The molecule has 1 heterocycles. The third-order valence-electron chi connectivity index (χ3n) is 5.81. The number of hydrogen-bond donors (Lipinski definition) is 1. The normalized spacial score (nSPS) is 38.1. The zero-order valence-electron chi connectivity index (χ0n) is 14.2. The van der Waals surface area contributed by atoms with Crippen molar-refractivity contribution in [2.45, 2.75) is 64.5 Å². The van der Waals surface area contributed by atoms with E-state index in [2.05, 4.69) is 56.8 Å². The molecular weight excluding hydrogens is 264 g/mol. The molecule has 0 amide bonds. The average molecular weight is 299 g/mol. The van der Waals surface area contributed by atoms with Crippen LogP contribution in [0.5, 0.6) is 0 Å². The first-order chi connectivity index (χ1) is 9.36. The highest BCUT2D eigenvalue weighted by molar-refractivity contribution is 7.99. The van der Waals surface area contributed by atoms with Crippen LogP contribution in [0.15, 0.2) is 0 Å². The van der Waals surface area contributed by atoms with Crippen LogP contribution in [0.3, 0.4) is 0 Å². The van der Waals surface area contributed by atoms with Crippen molar-refractivity contribution in [3.05, 3.63) is 0 Å². The van der Waals surface area contributed by atoms with E-state index >= 15 is 0 Å². The van der Waals surface area contributed by atoms with Crippen LogP contribution < -0.4 is 5.32 Å². The summed E-state index contributed by atoms with van der Waals surface area (Å²) in [5, 5.41) is 3.96. The molecule has 2 fully saturated rings. The second-order valence-corrected chi connectivity index (χ2v) is 9.22. The van der Waals surface area contributed by atoms with Crippen molar-refractivity contribution in [1.29, 1.82) is 0 Å². The average Bonchev–Trinajstić information content (AvgIpc) is 2.37. The van der Waals surface area contributed by atoms with E-state index in [-0.39, 0.29) is 0 Å². The minimum absolute atomic E-state index is 0.385. The van der Waals surface area contributed by atoms with Crippen molar-refractivity contribution in [2.24, 2.45) is 11.3 Å². The van der Waals surface area contributed by atoms with Crippen LogP contribution in [-0.4, -0.2) is 48.6 Å². The van der Waals surface area contributed by atoms with Gasteiger partial charge in [-0.3, -0.25) is 0 Å². The molecule has 3 heteroatoms. The van der Waals surface area contributed by atoms with E-state index in [9.17, 15) is 0 Å². The summed E-state index contributed by atoms with van der Waals surface area (Å²) < 4.78 is 0. The summed E-state index contributed by atoms with van der Waals surface area (Å²) in [7, 11) is 4.56. The largest absolute Gasteiger partial charge is 0.311 e. The first-order valence-electron chi connectivity index (χ1n) is 8.34. The third kappa shape index (κ3) is 3.72. The number of nitrogens with one attached hydrogen (secondary N) is 1. The highest BCUT2D eigenvalue weighted by Gasteiger charge is 2.39. The van der Waals surface area contributed by atoms with Crippen LogP contribution in [0.4, 0.5) is 0 Å². The Kier molecular flexibility index (Phi) is 5.47. The van der Waals surface area contributed by atoms with Crippen molar-refractivity contribution in [3.8, 4) is 0 Å². The monoisotopic (exact) mass is 298 g/mol. The summed E-state index contributed by atoms with van der Waals surface area (Å²) in [4.78, 5) is 2.50. The van der Waals surface area contributed by atoms with Gasteiger partial charge < -0.3 is 10.2 Å². The Morgan fingerprint density at radius 2 is 2.00 bits per heavy atom. The maximum Gasteiger partial charge on any atom is 0.0330 e. The van der Waals surface area contributed by atoms with Crippen LogP contribution in [0.25, 0.3) is 0 Å². The minimum atomic E-state index is 0.385. The van der Waals surface area contributed by atoms with Gasteiger partial charge in [0.1, 0.15) is 0 Å². The molecule has 3 unspecified atom stereocenters. The fourth-order valence-electron chi connectivity index (χ4n) is 3.94. The topological polar surface area (TPSA) is 15.3 Å². The van der Waals surface area contributed by atoms with E-state index in [4.69, 9.17) is 0 Å². The highest BCUT2D eigenvalue weighted by Crippen LogP contribution is 2.37. The molecule has 118 valence electrons. The van der Waals surface area contributed by atoms with Gasteiger partial charge in [0.25, 0.3) is 0 Å². The summed E-state index contributed by atoms with van der Waals surface area (Å²) in [6.07, 6.45) is 6.87. The molecule has 0 aromatic carbocycles. The van der Waals surface area contributed by atoms with Gasteiger partial charge in [0.05, 0.1) is 0 Å². The Balaban J connectivity index is 1.98. The Hall–Kier alpha value is 0.270. The molecule has 1 aliphatic heterocycles. The van der Waals surface area contributed by atoms with Gasteiger partial charge in [-0.05, 0) is 50.4 Å². The van der Waals surface area contributed by atoms with Crippen LogP contribution in [0.1, 0.15) is 52.9 Å². The van der Waals surface area contributed by atoms with Crippen LogP contribution in [0, 0.1) is 11.3 Å². The molecule has 0 radical (unpaired) electrons. The molecule has 0 aromatic heterocycles. The zero-order valence-corrected chi connectivity index (χ0v) is 15.0. The fraction of sp³-hybridized carbons (Fsp3) is 1.00. The molecule has 2 nitrogen and oxygen atoms in total.